The molecule has 31 heavy (non-hydrogen) atoms. The lowest BCUT2D eigenvalue weighted by atomic mass is 10.2. The van der Waals surface area contributed by atoms with Gasteiger partial charge < -0.3 is 19.5 Å². The third-order valence-electron chi connectivity index (χ3n) is 5.02. The Kier molecular flexibility index (Phi) is 4.66. The van der Waals surface area contributed by atoms with E-state index in [1.54, 1.807) is 37.4 Å². The van der Waals surface area contributed by atoms with Gasteiger partial charge >= 0.3 is 0 Å². The van der Waals surface area contributed by atoms with Crippen molar-refractivity contribution in [1.29, 1.82) is 0 Å². The first kappa shape index (κ1) is 18.9. The molecule has 2 N–H and O–H groups in total. The molecule has 0 bridgehead atoms. The van der Waals surface area contributed by atoms with Gasteiger partial charge in [0.15, 0.2) is 17.3 Å². The average Bonchev–Trinajstić information content (AvgIpc) is 3.32. The molecule has 0 aliphatic carbocycles. The Hall–Kier alpha value is -4.08. The fraction of sp³-hybridized carbons (Fsp3) is 0.238. The minimum Gasteiger partial charge on any atom is -0.497 e. The monoisotopic (exact) mass is 421 g/mol. The van der Waals surface area contributed by atoms with Crippen LogP contribution in [0.3, 0.4) is 0 Å². The van der Waals surface area contributed by atoms with Crippen LogP contribution in [0.15, 0.2) is 42.5 Å². The van der Waals surface area contributed by atoms with E-state index in [1.165, 1.54) is 4.68 Å². The number of rotatable bonds is 5. The van der Waals surface area contributed by atoms with Gasteiger partial charge in [-0.2, -0.15) is 4.98 Å². The molecule has 0 saturated carbocycles. The van der Waals surface area contributed by atoms with Crippen LogP contribution in [-0.4, -0.2) is 46.9 Å². The minimum absolute atomic E-state index is 0.0846. The topological polar surface area (TPSA) is 117 Å². The van der Waals surface area contributed by atoms with Crippen LogP contribution in [0.4, 0.5) is 11.6 Å². The number of anilines is 2. The number of nitrogens with zero attached hydrogens (tertiary/aromatic N) is 3. The lowest BCUT2D eigenvalue weighted by Gasteiger charge is -2.19. The maximum atomic E-state index is 12.6. The van der Waals surface area contributed by atoms with Gasteiger partial charge in [0.2, 0.25) is 11.9 Å². The maximum Gasteiger partial charge on any atom is 0.252 e. The molecule has 3 heterocycles. The van der Waals surface area contributed by atoms with Gasteiger partial charge in [0, 0.05) is 17.3 Å². The maximum absolute atomic E-state index is 12.6. The lowest BCUT2D eigenvalue weighted by molar-refractivity contribution is -0.123. The number of carbonyl (C=O) groups is 2. The van der Waals surface area contributed by atoms with Crippen molar-refractivity contribution >= 4 is 23.5 Å². The summed E-state index contributed by atoms with van der Waals surface area (Å²) in [6.07, 6.45) is -0.0846. The summed E-state index contributed by atoms with van der Waals surface area (Å²) in [5.41, 5.74) is 1.34. The number of fused-ring (bicyclic) bond motifs is 2. The highest BCUT2D eigenvalue weighted by Crippen LogP contribution is 2.33. The van der Waals surface area contributed by atoms with Crippen molar-refractivity contribution in [3.05, 3.63) is 42.5 Å². The number of hydrogen-bond donors (Lipinski definition) is 2. The van der Waals surface area contributed by atoms with Crippen LogP contribution in [0.1, 0.15) is 12.5 Å². The number of amides is 2. The van der Waals surface area contributed by atoms with E-state index < -0.39 is 6.04 Å². The average molecular weight is 421 g/mol. The molecule has 2 aliphatic rings. The normalized spacial score (nSPS) is 16.4. The molecule has 2 aromatic carbocycles. The van der Waals surface area contributed by atoms with Crippen molar-refractivity contribution in [2.45, 2.75) is 12.5 Å². The molecule has 3 aromatic rings. The van der Waals surface area contributed by atoms with E-state index in [1.807, 2.05) is 12.1 Å². The summed E-state index contributed by atoms with van der Waals surface area (Å²) >= 11 is 0. The summed E-state index contributed by atoms with van der Waals surface area (Å²) in [7, 11) is 1.59. The highest BCUT2D eigenvalue weighted by atomic mass is 16.6. The summed E-state index contributed by atoms with van der Waals surface area (Å²) in [6.45, 7) is 0.951. The molecule has 0 unspecified atom stereocenters. The Morgan fingerprint density at radius 3 is 2.74 bits per heavy atom. The van der Waals surface area contributed by atoms with Crippen LogP contribution in [0.5, 0.6) is 17.2 Å². The zero-order valence-corrected chi connectivity index (χ0v) is 16.6. The van der Waals surface area contributed by atoms with E-state index in [9.17, 15) is 9.59 Å². The van der Waals surface area contributed by atoms with Crippen LogP contribution >= 0.6 is 0 Å². The van der Waals surface area contributed by atoms with Crippen molar-refractivity contribution in [2.75, 3.05) is 31.0 Å². The van der Waals surface area contributed by atoms with Crippen molar-refractivity contribution < 1.29 is 23.8 Å². The summed E-state index contributed by atoms with van der Waals surface area (Å²) in [5, 5.41) is 9.90. The molecule has 10 heteroatoms. The Labute approximate surface area is 177 Å². The van der Waals surface area contributed by atoms with Crippen LogP contribution < -0.4 is 24.8 Å². The van der Waals surface area contributed by atoms with E-state index in [-0.39, 0.29) is 18.2 Å². The lowest BCUT2D eigenvalue weighted by Crippen LogP contribution is -2.24. The second kappa shape index (κ2) is 7.63. The molecule has 0 spiro atoms. The van der Waals surface area contributed by atoms with Crippen molar-refractivity contribution in [3.8, 4) is 28.6 Å². The molecule has 1 atom stereocenters. The molecule has 0 radical (unpaired) electrons. The summed E-state index contributed by atoms with van der Waals surface area (Å²) in [6, 6.07) is 11.6. The predicted octanol–water partition coefficient (Wildman–Crippen LogP) is 2.25. The SMILES string of the molecule is COc1ccc(-c2nc3n(n2)[C@@H](CC(=O)Nc2ccc4c(c2)OCCO4)C(=O)N3)cc1. The Bertz CT molecular complexity index is 1160. The van der Waals surface area contributed by atoms with E-state index in [0.717, 1.165) is 11.3 Å². The number of methoxy groups -OCH3 is 1. The van der Waals surface area contributed by atoms with Gasteiger partial charge in [0.1, 0.15) is 25.0 Å². The van der Waals surface area contributed by atoms with E-state index in [2.05, 4.69) is 20.7 Å². The molecule has 0 fully saturated rings. The summed E-state index contributed by atoms with van der Waals surface area (Å²) in [4.78, 5) is 29.3. The molecule has 0 saturated heterocycles. The van der Waals surface area contributed by atoms with Gasteiger partial charge in [0.25, 0.3) is 5.91 Å². The Morgan fingerprint density at radius 1 is 1.19 bits per heavy atom. The van der Waals surface area contributed by atoms with Crippen molar-refractivity contribution in [2.24, 2.45) is 0 Å². The van der Waals surface area contributed by atoms with E-state index in [0.29, 0.717) is 42.2 Å². The molecular weight excluding hydrogens is 402 g/mol. The van der Waals surface area contributed by atoms with Gasteiger partial charge in [-0.3, -0.25) is 14.9 Å². The highest BCUT2D eigenvalue weighted by molar-refractivity contribution is 6.01. The quantitative estimate of drug-likeness (QED) is 0.649. The number of aromatic nitrogens is 3. The number of carbonyl (C=O) groups excluding carboxylic acids is 2. The predicted molar refractivity (Wildman–Crippen MR) is 110 cm³/mol. The third-order valence-corrected chi connectivity index (χ3v) is 5.02. The second-order valence-electron chi connectivity index (χ2n) is 7.05. The smallest absolute Gasteiger partial charge is 0.252 e. The summed E-state index contributed by atoms with van der Waals surface area (Å²) < 4.78 is 17.6. The molecule has 158 valence electrons. The largest absolute Gasteiger partial charge is 0.497 e. The molecule has 2 aliphatic heterocycles. The van der Waals surface area contributed by atoms with E-state index in [4.69, 9.17) is 14.2 Å². The van der Waals surface area contributed by atoms with Gasteiger partial charge in [-0.1, -0.05) is 0 Å². The highest BCUT2D eigenvalue weighted by Gasteiger charge is 2.35. The first-order valence-electron chi connectivity index (χ1n) is 9.72. The number of nitrogens with one attached hydrogen (secondary N) is 2. The van der Waals surface area contributed by atoms with Gasteiger partial charge in [-0.15, -0.1) is 5.10 Å². The molecule has 10 nitrogen and oxygen atoms in total. The Balaban J connectivity index is 1.30. The number of benzene rings is 2. The molecular formula is C21H19N5O5. The van der Waals surface area contributed by atoms with Crippen LogP contribution in [0, 0.1) is 0 Å². The third kappa shape index (κ3) is 3.63. The fourth-order valence-electron chi connectivity index (χ4n) is 3.48. The second-order valence-corrected chi connectivity index (χ2v) is 7.05. The van der Waals surface area contributed by atoms with Gasteiger partial charge in [-0.05, 0) is 36.4 Å². The number of hydrogen-bond acceptors (Lipinski definition) is 7. The van der Waals surface area contributed by atoms with E-state index >= 15 is 0 Å². The molecule has 2 amide bonds. The zero-order chi connectivity index (χ0) is 21.4. The van der Waals surface area contributed by atoms with Crippen molar-refractivity contribution in [1.82, 2.24) is 14.8 Å². The van der Waals surface area contributed by atoms with Gasteiger partial charge in [0.05, 0.1) is 13.5 Å². The fourth-order valence-corrected chi connectivity index (χ4v) is 3.48. The molecule has 5 rings (SSSR count). The number of ether oxygens (including phenoxy) is 3. The summed E-state index contributed by atoms with van der Waals surface area (Å²) in [5.74, 6) is 2.04. The zero-order valence-electron chi connectivity index (χ0n) is 16.6. The first-order valence-corrected chi connectivity index (χ1v) is 9.72. The van der Waals surface area contributed by atoms with Crippen LogP contribution in [-0.2, 0) is 9.59 Å². The standard InChI is InChI=1S/C21H19N5O5/c1-29-14-5-2-12(3-6-14)19-23-21-24-20(28)15(26(21)25-19)11-18(27)22-13-4-7-16-17(10-13)31-9-8-30-16/h2-7,10,15H,8-9,11H2,1H3,(H,22,27)(H,23,24,25,28)/t15-/m0/s1. The van der Waals surface area contributed by atoms with Crippen molar-refractivity contribution in [3.63, 3.8) is 0 Å². The van der Waals surface area contributed by atoms with Crippen LogP contribution in [0.25, 0.3) is 11.4 Å². The minimum atomic E-state index is -0.785. The first-order chi connectivity index (χ1) is 15.1. The van der Waals surface area contributed by atoms with Crippen LogP contribution in [0.2, 0.25) is 0 Å². The van der Waals surface area contributed by atoms with Gasteiger partial charge in [-0.25, -0.2) is 4.68 Å². The molecule has 1 aromatic heterocycles. The Morgan fingerprint density at radius 2 is 1.97 bits per heavy atom.